The van der Waals surface area contributed by atoms with Crippen LogP contribution in [0.2, 0.25) is 5.02 Å². The fourth-order valence-corrected chi connectivity index (χ4v) is 2.29. The Balaban J connectivity index is 2.05. The zero-order valence-corrected chi connectivity index (χ0v) is 12.4. The summed E-state index contributed by atoms with van der Waals surface area (Å²) in [4.78, 5) is 18.5. The molecular formula is C16H11ClFN3O2. The van der Waals surface area contributed by atoms with Crippen LogP contribution in [0.25, 0.3) is 11.1 Å². The van der Waals surface area contributed by atoms with Gasteiger partial charge in [-0.05, 0) is 18.2 Å². The van der Waals surface area contributed by atoms with Crippen LogP contribution in [0.3, 0.4) is 0 Å². The van der Waals surface area contributed by atoms with Crippen molar-refractivity contribution in [1.82, 2.24) is 9.97 Å². The van der Waals surface area contributed by atoms with Crippen molar-refractivity contribution in [2.45, 2.75) is 0 Å². The third kappa shape index (κ3) is 3.02. The highest BCUT2D eigenvalue weighted by molar-refractivity contribution is 6.31. The number of aromatic amines is 1. The van der Waals surface area contributed by atoms with Crippen molar-refractivity contribution in [2.24, 2.45) is 0 Å². The Hall–Kier alpha value is -2.86. The SMILES string of the molecule is O=c1[nH]c(Nc2ccccc2)nc(O)c1-c1cccc(Cl)c1F. The number of para-hydroxylation sites is 1. The number of benzene rings is 2. The third-order valence-corrected chi connectivity index (χ3v) is 3.45. The predicted molar refractivity (Wildman–Crippen MR) is 86.7 cm³/mol. The van der Waals surface area contributed by atoms with Crippen molar-refractivity contribution in [2.75, 3.05) is 5.32 Å². The number of hydrogen-bond acceptors (Lipinski definition) is 4. The summed E-state index contributed by atoms with van der Waals surface area (Å²) in [5.74, 6) is -1.33. The molecule has 0 saturated carbocycles. The molecule has 2 aromatic carbocycles. The number of H-pyrrole nitrogens is 1. The molecular weight excluding hydrogens is 321 g/mol. The molecule has 5 nitrogen and oxygen atoms in total. The lowest BCUT2D eigenvalue weighted by atomic mass is 10.1. The number of anilines is 2. The number of aromatic hydroxyl groups is 1. The quantitative estimate of drug-likeness (QED) is 0.684. The van der Waals surface area contributed by atoms with Gasteiger partial charge in [-0.3, -0.25) is 9.78 Å². The predicted octanol–water partition coefficient (Wildman–Crippen LogP) is 3.68. The van der Waals surface area contributed by atoms with Crippen LogP contribution in [0.5, 0.6) is 5.88 Å². The molecule has 0 aliphatic carbocycles. The molecule has 0 spiro atoms. The standard InChI is InChI=1S/C16H11ClFN3O2/c17-11-8-4-7-10(13(11)18)12-14(22)20-16(21-15(12)23)19-9-5-2-1-3-6-9/h1-8H,(H3,19,20,21,22,23). The molecule has 3 N–H and O–H groups in total. The summed E-state index contributed by atoms with van der Waals surface area (Å²) in [5, 5.41) is 12.7. The third-order valence-electron chi connectivity index (χ3n) is 3.16. The second-order valence-electron chi connectivity index (χ2n) is 4.71. The fourth-order valence-electron chi connectivity index (χ4n) is 2.12. The number of nitrogens with zero attached hydrogens (tertiary/aromatic N) is 1. The van der Waals surface area contributed by atoms with Crippen molar-refractivity contribution in [3.8, 4) is 17.0 Å². The van der Waals surface area contributed by atoms with E-state index in [1.807, 2.05) is 6.07 Å². The first kappa shape index (κ1) is 15.1. The average molecular weight is 332 g/mol. The number of halogens is 2. The van der Waals surface area contributed by atoms with Gasteiger partial charge in [0.1, 0.15) is 11.4 Å². The largest absolute Gasteiger partial charge is 0.493 e. The normalized spacial score (nSPS) is 10.5. The first-order valence-corrected chi connectivity index (χ1v) is 7.04. The fraction of sp³-hybridized carbons (Fsp3) is 0. The monoisotopic (exact) mass is 331 g/mol. The summed E-state index contributed by atoms with van der Waals surface area (Å²) < 4.78 is 14.1. The first-order valence-electron chi connectivity index (χ1n) is 6.66. The lowest BCUT2D eigenvalue weighted by molar-refractivity contribution is 0.454. The molecule has 116 valence electrons. The molecule has 0 aliphatic rings. The Bertz CT molecular complexity index is 913. The van der Waals surface area contributed by atoms with Crippen molar-refractivity contribution in [3.05, 3.63) is 69.7 Å². The number of rotatable bonds is 3. The Morgan fingerprint density at radius 2 is 1.87 bits per heavy atom. The minimum atomic E-state index is -0.791. The Labute approximate surface area is 135 Å². The van der Waals surface area contributed by atoms with Gasteiger partial charge < -0.3 is 10.4 Å². The molecule has 0 unspecified atom stereocenters. The van der Waals surface area contributed by atoms with E-state index in [2.05, 4.69) is 15.3 Å². The Morgan fingerprint density at radius 3 is 2.57 bits per heavy atom. The summed E-state index contributed by atoms with van der Waals surface area (Å²) in [6, 6.07) is 13.1. The molecule has 0 aliphatic heterocycles. The van der Waals surface area contributed by atoms with Crippen LogP contribution < -0.4 is 10.9 Å². The van der Waals surface area contributed by atoms with Gasteiger partial charge in [0, 0.05) is 11.3 Å². The summed E-state index contributed by atoms with van der Waals surface area (Å²) in [6.07, 6.45) is 0. The van der Waals surface area contributed by atoms with Crippen LogP contribution in [-0.4, -0.2) is 15.1 Å². The van der Waals surface area contributed by atoms with Gasteiger partial charge in [0.05, 0.1) is 5.02 Å². The maximum atomic E-state index is 14.1. The highest BCUT2D eigenvalue weighted by atomic mass is 35.5. The minimum Gasteiger partial charge on any atom is -0.493 e. The molecule has 3 rings (SSSR count). The second kappa shape index (κ2) is 6.10. The van der Waals surface area contributed by atoms with Crippen molar-refractivity contribution >= 4 is 23.2 Å². The van der Waals surface area contributed by atoms with E-state index in [0.29, 0.717) is 5.69 Å². The summed E-state index contributed by atoms with van der Waals surface area (Å²) in [5.41, 5.74) is -0.396. The van der Waals surface area contributed by atoms with Crippen molar-refractivity contribution in [3.63, 3.8) is 0 Å². The van der Waals surface area contributed by atoms with E-state index < -0.39 is 17.3 Å². The lowest BCUT2D eigenvalue weighted by Gasteiger charge is -2.09. The zero-order valence-electron chi connectivity index (χ0n) is 11.7. The molecule has 0 bridgehead atoms. The smallest absolute Gasteiger partial charge is 0.264 e. The van der Waals surface area contributed by atoms with Gasteiger partial charge in [-0.15, -0.1) is 0 Å². The molecule has 0 atom stereocenters. The molecule has 1 heterocycles. The second-order valence-corrected chi connectivity index (χ2v) is 5.11. The van der Waals surface area contributed by atoms with E-state index >= 15 is 0 Å². The van der Waals surface area contributed by atoms with E-state index in [1.165, 1.54) is 18.2 Å². The molecule has 23 heavy (non-hydrogen) atoms. The van der Waals surface area contributed by atoms with Crippen LogP contribution >= 0.6 is 11.6 Å². The van der Waals surface area contributed by atoms with Crippen molar-refractivity contribution in [1.29, 1.82) is 0 Å². The summed E-state index contributed by atoms with van der Waals surface area (Å²) in [6.45, 7) is 0. The molecule has 7 heteroatoms. The highest BCUT2D eigenvalue weighted by Crippen LogP contribution is 2.30. The Morgan fingerprint density at radius 1 is 1.13 bits per heavy atom. The maximum absolute atomic E-state index is 14.1. The van der Waals surface area contributed by atoms with Gasteiger partial charge in [-0.1, -0.05) is 41.9 Å². The van der Waals surface area contributed by atoms with E-state index in [4.69, 9.17) is 11.6 Å². The van der Waals surface area contributed by atoms with Crippen LogP contribution in [0.4, 0.5) is 16.0 Å². The molecule has 3 aromatic rings. The molecule has 0 saturated heterocycles. The van der Waals surface area contributed by atoms with E-state index in [9.17, 15) is 14.3 Å². The van der Waals surface area contributed by atoms with E-state index in [-0.39, 0.29) is 22.1 Å². The Kier molecular flexibility index (Phi) is 3.99. The van der Waals surface area contributed by atoms with E-state index in [0.717, 1.165) is 0 Å². The summed E-state index contributed by atoms with van der Waals surface area (Å²) >= 11 is 5.71. The van der Waals surface area contributed by atoms with Crippen molar-refractivity contribution < 1.29 is 9.50 Å². The topological polar surface area (TPSA) is 78.0 Å². The zero-order chi connectivity index (χ0) is 16.4. The number of nitrogens with one attached hydrogen (secondary N) is 2. The highest BCUT2D eigenvalue weighted by Gasteiger charge is 2.18. The van der Waals surface area contributed by atoms with Crippen LogP contribution in [-0.2, 0) is 0 Å². The molecule has 0 fully saturated rings. The van der Waals surface area contributed by atoms with Crippen LogP contribution in [0.15, 0.2) is 53.3 Å². The maximum Gasteiger partial charge on any atom is 0.264 e. The average Bonchev–Trinajstić information content (AvgIpc) is 2.52. The number of aromatic nitrogens is 2. The molecule has 1 aromatic heterocycles. The van der Waals surface area contributed by atoms with Gasteiger partial charge >= 0.3 is 0 Å². The lowest BCUT2D eigenvalue weighted by Crippen LogP contribution is -2.14. The first-order chi connectivity index (χ1) is 11.1. The van der Waals surface area contributed by atoms with Gasteiger partial charge in [0.15, 0.2) is 0 Å². The van der Waals surface area contributed by atoms with Gasteiger partial charge in [0.2, 0.25) is 11.8 Å². The van der Waals surface area contributed by atoms with Gasteiger partial charge in [-0.25, -0.2) is 4.39 Å². The minimum absolute atomic E-state index is 0.0462. The molecule has 0 amide bonds. The van der Waals surface area contributed by atoms with Gasteiger partial charge in [0.25, 0.3) is 5.56 Å². The van der Waals surface area contributed by atoms with Gasteiger partial charge in [-0.2, -0.15) is 4.98 Å². The molecule has 0 radical (unpaired) electrons. The summed E-state index contributed by atoms with van der Waals surface area (Å²) in [7, 11) is 0. The van der Waals surface area contributed by atoms with Crippen LogP contribution in [0.1, 0.15) is 0 Å². The number of hydrogen-bond donors (Lipinski definition) is 3. The van der Waals surface area contributed by atoms with Crippen LogP contribution in [0, 0.1) is 5.82 Å². The van der Waals surface area contributed by atoms with E-state index in [1.54, 1.807) is 24.3 Å².